The maximum atomic E-state index is 14.1. The van der Waals surface area contributed by atoms with Crippen LogP contribution in [-0.2, 0) is 11.3 Å². The highest BCUT2D eigenvalue weighted by Gasteiger charge is 2.16. The number of rotatable bonds is 6. The Morgan fingerprint density at radius 2 is 1.88 bits per heavy atom. The predicted octanol–water partition coefficient (Wildman–Crippen LogP) is 4.29. The summed E-state index contributed by atoms with van der Waals surface area (Å²) in [5.74, 6) is -2.34. The number of aromatic nitrogens is 1. The fourth-order valence-electron chi connectivity index (χ4n) is 3.25. The summed E-state index contributed by atoms with van der Waals surface area (Å²) in [5, 5.41) is 5.38. The summed E-state index contributed by atoms with van der Waals surface area (Å²) in [4.78, 5) is 37.2. The van der Waals surface area contributed by atoms with E-state index in [0.717, 1.165) is 6.07 Å². The van der Waals surface area contributed by atoms with Crippen LogP contribution in [0.5, 0.6) is 5.75 Å². The van der Waals surface area contributed by atoms with Crippen molar-refractivity contribution in [2.75, 3.05) is 17.7 Å². The van der Waals surface area contributed by atoms with Gasteiger partial charge < -0.3 is 19.8 Å². The number of halogens is 2. The Morgan fingerprint density at radius 3 is 2.64 bits per heavy atom. The van der Waals surface area contributed by atoms with Crippen molar-refractivity contribution < 1.29 is 23.1 Å². The van der Waals surface area contributed by atoms with Crippen molar-refractivity contribution in [3.8, 4) is 5.75 Å². The second-order valence-electron chi connectivity index (χ2n) is 6.96. The third-order valence-electron chi connectivity index (χ3n) is 4.78. The van der Waals surface area contributed by atoms with Crippen molar-refractivity contribution in [1.82, 2.24) is 4.57 Å². The summed E-state index contributed by atoms with van der Waals surface area (Å²) in [6, 6.07) is 15.0. The van der Waals surface area contributed by atoms with Crippen LogP contribution in [0.4, 0.5) is 15.8 Å². The minimum atomic E-state index is -0.777. The van der Waals surface area contributed by atoms with Crippen LogP contribution < -0.4 is 21.1 Å². The van der Waals surface area contributed by atoms with Gasteiger partial charge in [0.2, 0.25) is 5.91 Å². The molecule has 0 unspecified atom stereocenters. The van der Waals surface area contributed by atoms with Crippen LogP contribution >= 0.6 is 11.6 Å². The number of fused-ring (bicyclic) bond motifs is 1. The molecule has 168 valence electrons. The summed E-state index contributed by atoms with van der Waals surface area (Å²) < 4.78 is 25.7. The highest BCUT2D eigenvalue weighted by Crippen LogP contribution is 2.29. The molecule has 0 aliphatic rings. The molecule has 2 N–H and O–H groups in total. The average molecular weight is 470 g/mol. The van der Waals surface area contributed by atoms with Crippen molar-refractivity contribution in [1.29, 1.82) is 0 Å². The van der Waals surface area contributed by atoms with E-state index in [1.165, 1.54) is 35.9 Å². The van der Waals surface area contributed by atoms with Gasteiger partial charge in [0.15, 0.2) is 5.58 Å². The van der Waals surface area contributed by atoms with Gasteiger partial charge in [-0.05, 0) is 48.5 Å². The van der Waals surface area contributed by atoms with Crippen molar-refractivity contribution >= 4 is 45.9 Å². The van der Waals surface area contributed by atoms with Crippen LogP contribution in [0.2, 0.25) is 5.02 Å². The lowest BCUT2D eigenvalue weighted by Crippen LogP contribution is -2.24. The van der Waals surface area contributed by atoms with Gasteiger partial charge in [0.1, 0.15) is 18.1 Å². The molecule has 0 bridgehead atoms. The number of para-hydroxylation sites is 2. The Kier molecular flexibility index (Phi) is 6.14. The van der Waals surface area contributed by atoms with E-state index < -0.39 is 23.4 Å². The number of methoxy groups -OCH3 is 1. The van der Waals surface area contributed by atoms with Gasteiger partial charge in [-0.15, -0.1) is 0 Å². The molecule has 2 amide bonds. The van der Waals surface area contributed by atoms with Crippen molar-refractivity contribution in [2.45, 2.75) is 6.54 Å². The second kappa shape index (κ2) is 9.17. The van der Waals surface area contributed by atoms with Gasteiger partial charge in [0, 0.05) is 10.7 Å². The van der Waals surface area contributed by atoms with Crippen LogP contribution in [0, 0.1) is 5.82 Å². The molecule has 8 nitrogen and oxygen atoms in total. The number of ether oxygens (including phenoxy) is 1. The SMILES string of the molecule is COc1ccc(NC(=O)Cn2c(=O)oc3ccccc32)cc1NC(=O)c1ccc(Cl)cc1F. The molecule has 0 atom stereocenters. The molecule has 10 heteroatoms. The van der Waals surface area contributed by atoms with E-state index in [-0.39, 0.29) is 22.8 Å². The summed E-state index contributed by atoms with van der Waals surface area (Å²) >= 11 is 5.73. The van der Waals surface area contributed by atoms with Crippen LogP contribution in [0.15, 0.2) is 69.9 Å². The zero-order valence-electron chi connectivity index (χ0n) is 17.2. The number of anilines is 2. The molecule has 0 aliphatic heterocycles. The van der Waals surface area contributed by atoms with Crippen LogP contribution in [0.3, 0.4) is 0 Å². The smallest absolute Gasteiger partial charge is 0.420 e. The molecule has 3 aromatic carbocycles. The fraction of sp³-hybridized carbons (Fsp3) is 0.0870. The standard InChI is InChI=1S/C23H17ClFN3O5/c1-32-19-9-7-14(11-17(19)27-22(30)15-8-6-13(24)10-16(15)25)26-21(29)12-28-18-4-2-3-5-20(18)33-23(28)31/h2-11H,12H2,1H3,(H,26,29)(H,27,30). The number of hydrogen-bond acceptors (Lipinski definition) is 5. The molecule has 4 aromatic rings. The van der Waals surface area contributed by atoms with Gasteiger partial charge in [0.25, 0.3) is 5.91 Å². The molecule has 0 saturated carbocycles. The Balaban J connectivity index is 1.53. The lowest BCUT2D eigenvalue weighted by molar-refractivity contribution is -0.116. The van der Waals surface area contributed by atoms with E-state index in [1.807, 2.05) is 0 Å². The largest absolute Gasteiger partial charge is 0.495 e. The second-order valence-corrected chi connectivity index (χ2v) is 7.40. The normalized spacial score (nSPS) is 10.8. The van der Waals surface area contributed by atoms with Crippen LogP contribution in [-0.4, -0.2) is 23.5 Å². The third kappa shape index (κ3) is 4.73. The number of carbonyl (C=O) groups excluding carboxylic acids is 2. The van der Waals surface area contributed by atoms with Gasteiger partial charge in [-0.25, -0.2) is 9.18 Å². The van der Waals surface area contributed by atoms with E-state index in [4.69, 9.17) is 20.8 Å². The predicted molar refractivity (Wildman–Crippen MR) is 121 cm³/mol. The summed E-state index contributed by atoms with van der Waals surface area (Å²) in [7, 11) is 1.41. The van der Waals surface area contributed by atoms with Gasteiger partial charge >= 0.3 is 5.76 Å². The first-order valence-corrected chi connectivity index (χ1v) is 10.1. The molecular formula is C23H17ClFN3O5. The maximum absolute atomic E-state index is 14.1. The summed E-state index contributed by atoms with van der Waals surface area (Å²) in [6.07, 6.45) is 0. The van der Waals surface area contributed by atoms with E-state index >= 15 is 0 Å². The lowest BCUT2D eigenvalue weighted by atomic mass is 10.2. The number of hydrogen-bond donors (Lipinski definition) is 2. The molecule has 0 fully saturated rings. The fourth-order valence-corrected chi connectivity index (χ4v) is 3.41. The molecular weight excluding hydrogens is 453 g/mol. The lowest BCUT2D eigenvalue weighted by Gasteiger charge is -2.13. The van der Waals surface area contributed by atoms with E-state index in [2.05, 4.69) is 10.6 Å². The van der Waals surface area contributed by atoms with Gasteiger partial charge in [-0.2, -0.15) is 0 Å². The van der Waals surface area contributed by atoms with Crippen molar-refractivity contribution in [3.05, 3.63) is 87.6 Å². The Hall–Kier alpha value is -4.11. The highest BCUT2D eigenvalue weighted by atomic mass is 35.5. The molecule has 0 aliphatic carbocycles. The zero-order chi connectivity index (χ0) is 23.5. The van der Waals surface area contributed by atoms with Gasteiger partial charge in [-0.1, -0.05) is 23.7 Å². The third-order valence-corrected chi connectivity index (χ3v) is 5.02. The summed E-state index contributed by atoms with van der Waals surface area (Å²) in [5.41, 5.74) is 1.20. The first kappa shape index (κ1) is 22.1. The van der Waals surface area contributed by atoms with Crippen molar-refractivity contribution in [3.63, 3.8) is 0 Å². The molecule has 0 radical (unpaired) electrons. The number of carbonyl (C=O) groups is 2. The maximum Gasteiger partial charge on any atom is 0.420 e. The van der Waals surface area contributed by atoms with Gasteiger partial charge in [-0.3, -0.25) is 14.2 Å². The van der Waals surface area contributed by atoms with E-state index in [0.29, 0.717) is 22.5 Å². The minimum absolute atomic E-state index is 0.163. The first-order valence-electron chi connectivity index (χ1n) is 9.68. The van der Waals surface area contributed by atoms with E-state index in [9.17, 15) is 18.8 Å². The minimum Gasteiger partial charge on any atom is -0.495 e. The number of nitrogens with zero attached hydrogens (tertiary/aromatic N) is 1. The molecule has 0 spiro atoms. The molecule has 1 heterocycles. The highest BCUT2D eigenvalue weighted by molar-refractivity contribution is 6.30. The monoisotopic (exact) mass is 469 g/mol. The van der Waals surface area contributed by atoms with Gasteiger partial charge in [0.05, 0.1) is 23.9 Å². The quantitative estimate of drug-likeness (QED) is 0.438. The number of nitrogens with one attached hydrogen (secondary N) is 2. The summed E-state index contributed by atoms with van der Waals surface area (Å²) in [6.45, 7) is -0.278. The molecule has 0 saturated heterocycles. The van der Waals surface area contributed by atoms with Crippen LogP contribution in [0.25, 0.3) is 11.1 Å². The Bertz CT molecular complexity index is 1430. The zero-order valence-corrected chi connectivity index (χ0v) is 18.0. The number of oxazole rings is 1. The Morgan fingerprint density at radius 1 is 1.09 bits per heavy atom. The molecule has 1 aromatic heterocycles. The molecule has 4 rings (SSSR count). The van der Waals surface area contributed by atoms with Crippen molar-refractivity contribution in [2.24, 2.45) is 0 Å². The Labute approximate surface area is 191 Å². The number of benzene rings is 3. The molecule has 33 heavy (non-hydrogen) atoms. The topological polar surface area (TPSA) is 103 Å². The van der Waals surface area contributed by atoms with Crippen LogP contribution in [0.1, 0.15) is 10.4 Å². The number of amides is 2. The average Bonchev–Trinajstić information content (AvgIpc) is 3.09. The van der Waals surface area contributed by atoms with E-state index in [1.54, 1.807) is 30.3 Å². The first-order chi connectivity index (χ1) is 15.9.